The minimum Gasteiger partial charge on any atom is -0.0836 e. The molecule has 0 N–H and O–H groups in total. The molecule has 178 valence electrons. The number of hydrogen-bond acceptors (Lipinski definition) is 0. The van der Waals surface area contributed by atoms with Crippen molar-refractivity contribution in [2.75, 3.05) is 0 Å². The van der Waals surface area contributed by atoms with Gasteiger partial charge < -0.3 is 0 Å². The average molecular weight is 483 g/mol. The normalized spacial score (nSPS) is 13.6. The molecule has 7 aromatic rings. The lowest BCUT2D eigenvalue weighted by Crippen LogP contribution is -1.95. The van der Waals surface area contributed by atoms with Crippen LogP contribution >= 0.6 is 0 Å². The van der Waals surface area contributed by atoms with Crippen LogP contribution in [0.5, 0.6) is 0 Å². The Bertz CT molecular complexity index is 2060. The van der Waals surface area contributed by atoms with Gasteiger partial charge >= 0.3 is 0 Å². The molecule has 0 spiro atoms. The van der Waals surface area contributed by atoms with Crippen LogP contribution in [0.25, 0.3) is 70.6 Å². The van der Waals surface area contributed by atoms with Crippen molar-refractivity contribution >= 4 is 59.4 Å². The van der Waals surface area contributed by atoms with Crippen LogP contribution in [0.1, 0.15) is 18.4 Å². The van der Waals surface area contributed by atoms with Crippen molar-refractivity contribution in [3.63, 3.8) is 0 Å². The summed E-state index contributed by atoms with van der Waals surface area (Å²) < 4.78 is 0. The van der Waals surface area contributed by atoms with Gasteiger partial charge in [-0.3, -0.25) is 0 Å². The summed E-state index contributed by atoms with van der Waals surface area (Å²) in [6.45, 7) is 0. The van der Waals surface area contributed by atoms with Crippen LogP contribution in [-0.4, -0.2) is 0 Å². The van der Waals surface area contributed by atoms with E-state index < -0.39 is 0 Å². The summed E-state index contributed by atoms with van der Waals surface area (Å²) >= 11 is 0. The first-order valence-corrected chi connectivity index (χ1v) is 13.5. The molecule has 0 saturated carbocycles. The van der Waals surface area contributed by atoms with E-state index in [9.17, 15) is 0 Å². The highest BCUT2D eigenvalue weighted by Gasteiger charge is 2.19. The molecular formula is C38H26. The summed E-state index contributed by atoms with van der Waals surface area (Å²) in [4.78, 5) is 0. The molecule has 0 bridgehead atoms. The molecule has 0 unspecified atom stereocenters. The van der Waals surface area contributed by atoms with Crippen molar-refractivity contribution in [1.82, 2.24) is 0 Å². The van der Waals surface area contributed by atoms with Crippen LogP contribution < -0.4 is 0 Å². The van der Waals surface area contributed by atoms with E-state index in [1.54, 1.807) is 0 Å². The third kappa shape index (κ3) is 3.10. The Hall–Kier alpha value is -4.68. The summed E-state index contributed by atoms with van der Waals surface area (Å²) in [5.74, 6) is 0. The van der Waals surface area contributed by atoms with E-state index in [1.807, 2.05) is 0 Å². The summed E-state index contributed by atoms with van der Waals surface area (Å²) in [5, 5.41) is 13.1. The zero-order valence-electron chi connectivity index (χ0n) is 21.1. The van der Waals surface area contributed by atoms with E-state index in [-0.39, 0.29) is 0 Å². The van der Waals surface area contributed by atoms with Gasteiger partial charge in [0, 0.05) is 0 Å². The monoisotopic (exact) mass is 482 g/mol. The summed E-state index contributed by atoms with van der Waals surface area (Å²) in [6, 6.07) is 42.7. The standard InChI is InChI=1S/C38H26/c1-2-13-26(14-3-1)36-31-18-8-10-20-33(31)38(34-21-11-9-19-32(34)36)35-24-27-23-22-25-12-4-5-15-28(25)37(27)30-17-7-6-16-29(30)35/h2,4-24H,1,3H2. The zero-order chi connectivity index (χ0) is 25.1. The maximum atomic E-state index is 2.43. The molecule has 0 aromatic heterocycles. The molecule has 0 heteroatoms. The fourth-order valence-corrected chi connectivity index (χ4v) is 6.61. The molecule has 1 aliphatic rings. The fraction of sp³-hybridized carbons (Fsp3) is 0.0526. The molecular weight excluding hydrogens is 456 g/mol. The highest BCUT2D eigenvalue weighted by molar-refractivity contribution is 6.27. The Kier molecular flexibility index (Phi) is 4.75. The van der Waals surface area contributed by atoms with Gasteiger partial charge in [-0.05, 0) is 95.0 Å². The van der Waals surface area contributed by atoms with Crippen LogP contribution in [0.2, 0.25) is 0 Å². The first-order valence-electron chi connectivity index (χ1n) is 13.5. The minimum atomic E-state index is 1.10. The number of hydrogen-bond donors (Lipinski definition) is 0. The third-order valence-electron chi connectivity index (χ3n) is 8.23. The maximum Gasteiger partial charge on any atom is -0.00199 e. The number of rotatable bonds is 2. The molecule has 0 fully saturated rings. The Morgan fingerprint density at radius 2 is 0.974 bits per heavy atom. The van der Waals surface area contributed by atoms with Crippen LogP contribution in [0.3, 0.4) is 0 Å². The summed E-state index contributed by atoms with van der Waals surface area (Å²) in [6.07, 6.45) is 9.25. The minimum absolute atomic E-state index is 1.10. The second-order valence-electron chi connectivity index (χ2n) is 10.3. The van der Waals surface area contributed by atoms with Crippen molar-refractivity contribution in [3.8, 4) is 11.1 Å². The number of benzene rings is 7. The van der Waals surface area contributed by atoms with Gasteiger partial charge in [-0.25, -0.2) is 0 Å². The van der Waals surface area contributed by atoms with E-state index in [2.05, 4.69) is 133 Å². The molecule has 0 atom stereocenters. The Morgan fingerprint density at radius 1 is 0.421 bits per heavy atom. The van der Waals surface area contributed by atoms with Crippen molar-refractivity contribution in [1.29, 1.82) is 0 Å². The maximum absolute atomic E-state index is 2.43. The van der Waals surface area contributed by atoms with Gasteiger partial charge in [-0.1, -0.05) is 127 Å². The van der Waals surface area contributed by atoms with Gasteiger partial charge in [-0.2, -0.15) is 0 Å². The number of allylic oxidation sites excluding steroid dienone is 4. The Balaban J connectivity index is 1.57. The van der Waals surface area contributed by atoms with E-state index in [1.165, 1.54) is 76.1 Å². The summed E-state index contributed by atoms with van der Waals surface area (Å²) in [5.41, 5.74) is 5.32. The molecule has 0 aliphatic heterocycles. The molecule has 7 aromatic carbocycles. The van der Waals surface area contributed by atoms with Gasteiger partial charge in [0.25, 0.3) is 0 Å². The average Bonchev–Trinajstić information content (AvgIpc) is 2.99. The zero-order valence-corrected chi connectivity index (χ0v) is 21.1. The molecule has 8 rings (SSSR count). The highest BCUT2D eigenvalue weighted by Crippen LogP contribution is 2.46. The smallest absolute Gasteiger partial charge is 0.00199 e. The van der Waals surface area contributed by atoms with Crippen LogP contribution in [0, 0.1) is 0 Å². The fourth-order valence-electron chi connectivity index (χ4n) is 6.61. The van der Waals surface area contributed by atoms with Gasteiger partial charge in [0.05, 0.1) is 0 Å². The topological polar surface area (TPSA) is 0 Å². The van der Waals surface area contributed by atoms with E-state index >= 15 is 0 Å². The molecule has 0 radical (unpaired) electrons. The van der Waals surface area contributed by atoms with Crippen LogP contribution in [0.4, 0.5) is 0 Å². The largest absolute Gasteiger partial charge is 0.0836 e. The van der Waals surface area contributed by atoms with Crippen molar-refractivity contribution < 1.29 is 0 Å². The van der Waals surface area contributed by atoms with Gasteiger partial charge in [0.2, 0.25) is 0 Å². The first kappa shape index (κ1) is 21.4. The van der Waals surface area contributed by atoms with Gasteiger partial charge in [-0.15, -0.1) is 0 Å². The molecule has 1 aliphatic carbocycles. The van der Waals surface area contributed by atoms with E-state index in [0.717, 1.165) is 12.8 Å². The SMILES string of the molecule is C1=CC(c2c3ccccc3c(-c3cc4ccc5ccccc5c4c4ccccc34)c3ccccc23)=CCC1. The second kappa shape index (κ2) is 8.43. The second-order valence-corrected chi connectivity index (χ2v) is 10.3. The number of fused-ring (bicyclic) bond motifs is 7. The van der Waals surface area contributed by atoms with Crippen molar-refractivity contribution in [2.24, 2.45) is 0 Å². The highest BCUT2D eigenvalue weighted by atomic mass is 14.2. The lowest BCUT2D eigenvalue weighted by atomic mass is 9.82. The lowest BCUT2D eigenvalue weighted by molar-refractivity contribution is 1.04. The van der Waals surface area contributed by atoms with E-state index in [4.69, 9.17) is 0 Å². The predicted octanol–water partition coefficient (Wildman–Crippen LogP) is 10.9. The predicted molar refractivity (Wildman–Crippen MR) is 166 cm³/mol. The van der Waals surface area contributed by atoms with Gasteiger partial charge in [0.1, 0.15) is 0 Å². The van der Waals surface area contributed by atoms with Crippen molar-refractivity contribution in [2.45, 2.75) is 12.8 Å². The Labute approximate surface area is 222 Å². The molecule has 38 heavy (non-hydrogen) atoms. The van der Waals surface area contributed by atoms with Crippen LogP contribution in [-0.2, 0) is 0 Å². The molecule has 0 heterocycles. The van der Waals surface area contributed by atoms with E-state index in [0.29, 0.717) is 0 Å². The third-order valence-corrected chi connectivity index (χ3v) is 8.23. The lowest BCUT2D eigenvalue weighted by Gasteiger charge is -2.21. The molecule has 0 amide bonds. The summed E-state index contributed by atoms with van der Waals surface area (Å²) in [7, 11) is 0. The Morgan fingerprint density at radius 3 is 1.63 bits per heavy atom. The molecule has 0 saturated heterocycles. The first-order chi connectivity index (χ1) is 18.9. The van der Waals surface area contributed by atoms with Gasteiger partial charge in [0.15, 0.2) is 0 Å². The quantitative estimate of drug-likeness (QED) is 0.170. The van der Waals surface area contributed by atoms with Crippen molar-refractivity contribution in [3.05, 3.63) is 139 Å². The van der Waals surface area contributed by atoms with Crippen LogP contribution in [0.15, 0.2) is 133 Å². The molecule has 0 nitrogen and oxygen atoms in total.